The summed E-state index contributed by atoms with van der Waals surface area (Å²) in [6, 6.07) is -0.770. The van der Waals surface area contributed by atoms with Crippen LogP contribution in [0.5, 0.6) is 0 Å². The molecule has 0 saturated carbocycles. The minimum Gasteiger partial charge on any atom is -0.703 e. The van der Waals surface area contributed by atoms with Gasteiger partial charge in [0.15, 0.2) is 0 Å². The molecule has 0 rings (SSSR count). The molecule has 0 aromatic rings. The van der Waals surface area contributed by atoms with E-state index in [2.05, 4.69) is 50.8 Å². The summed E-state index contributed by atoms with van der Waals surface area (Å²) < 4.78 is 0. The second-order valence-electron chi connectivity index (χ2n) is 15.0. The van der Waals surface area contributed by atoms with E-state index in [4.69, 9.17) is 43.4 Å². The Kier molecular flexibility index (Phi) is 158. The third-order valence-electron chi connectivity index (χ3n) is 7.58. The second-order valence-corrected chi connectivity index (χ2v) is 19.3. The van der Waals surface area contributed by atoms with Gasteiger partial charge in [-0.25, -0.2) is 0 Å². The Morgan fingerprint density at radius 3 is 1.10 bits per heavy atom. The molecular formula is C51H105Ac4N4O7P3-4. The van der Waals surface area contributed by atoms with Gasteiger partial charge in [0.05, 0.1) is 18.6 Å². The molecule has 4 unspecified atom stereocenters. The van der Waals surface area contributed by atoms with Crippen molar-refractivity contribution in [2.45, 2.75) is 221 Å². The van der Waals surface area contributed by atoms with Gasteiger partial charge in [0, 0.05) is 183 Å². The molecule has 0 amide bonds. The number of allylic oxidation sites excluding steroid dienone is 7. The number of aliphatic hydroxyl groups excluding tert-OH is 2. The van der Waals surface area contributed by atoms with E-state index in [0.717, 1.165) is 111 Å². The van der Waals surface area contributed by atoms with Gasteiger partial charge in [-0.15, -0.1) is 68.9 Å². The number of carbonyl (C=O) groups is 3. The molecule has 18 heteroatoms. The van der Waals surface area contributed by atoms with Crippen LogP contribution in [0.25, 0.3) is 22.9 Å². The summed E-state index contributed by atoms with van der Waals surface area (Å²) in [7, 11) is 6.06. The molecule has 0 heterocycles. The zero-order valence-corrected chi connectivity index (χ0v) is 67.5. The number of aliphatic hydroxyl groups is 2. The van der Waals surface area contributed by atoms with Crippen molar-refractivity contribution in [2.75, 3.05) is 6.61 Å². The molecule has 8 N–H and O–H groups in total. The van der Waals surface area contributed by atoms with Gasteiger partial charge in [-0.05, 0) is 102 Å². The number of hydrogen-bond donors (Lipinski definition) is 4. The first kappa shape index (κ1) is 105. The first-order valence-electron chi connectivity index (χ1n) is 23.6. The fourth-order valence-corrected chi connectivity index (χ4v) is 3.98. The topological polar surface area (TPSA) is 227 Å². The van der Waals surface area contributed by atoms with Gasteiger partial charge in [0.1, 0.15) is 6.29 Å². The average Bonchev–Trinajstić information content (AvgIpc) is 3.25. The van der Waals surface area contributed by atoms with Gasteiger partial charge in [0.25, 0.3) is 5.97 Å². The van der Waals surface area contributed by atoms with Crippen LogP contribution in [0.1, 0.15) is 197 Å². The van der Waals surface area contributed by atoms with Crippen molar-refractivity contribution in [3.8, 4) is 0 Å². The Morgan fingerprint density at radius 2 is 0.841 bits per heavy atom. The molecule has 6 atom stereocenters. The minimum absolute atomic E-state index is 0. The number of unbranched alkanes of at least 4 members (excludes halogenated alkanes) is 14. The van der Waals surface area contributed by atoms with Crippen molar-refractivity contribution in [2.24, 2.45) is 5.92 Å². The number of carboxylic acid groups (broad SMARTS) is 2. The number of hydrogen-bond acceptors (Lipinski definition) is 5. The summed E-state index contributed by atoms with van der Waals surface area (Å²) in [5, 5.41) is 33.7. The Balaban J connectivity index is -0.0000000477. The third-order valence-corrected chi connectivity index (χ3v) is 7.58. The Morgan fingerprint density at radius 1 is 0.565 bits per heavy atom. The maximum Gasteiger partial charge on any atom is 0.306 e. The number of aliphatic carboxylic acids is 2. The van der Waals surface area contributed by atoms with Gasteiger partial charge in [-0.3, -0.25) is 9.59 Å². The molecule has 0 aliphatic heterocycles. The summed E-state index contributed by atoms with van der Waals surface area (Å²) in [6.45, 7) is 32.5. The molecule has 0 aliphatic carbocycles. The molecule has 11 nitrogen and oxygen atoms in total. The molecule has 0 bridgehead atoms. The molecule has 4 radical (unpaired) electrons. The van der Waals surface area contributed by atoms with Crippen LogP contribution in [0.15, 0.2) is 75.0 Å². The van der Waals surface area contributed by atoms with Crippen LogP contribution in [-0.4, -0.2) is 69.5 Å². The van der Waals surface area contributed by atoms with Gasteiger partial charge in [-0.2, -0.15) is 5.70 Å². The summed E-state index contributed by atoms with van der Waals surface area (Å²) in [6.07, 6.45) is 35.1. The van der Waals surface area contributed by atoms with E-state index in [1.807, 2.05) is 78.0 Å². The van der Waals surface area contributed by atoms with Crippen LogP contribution in [0.2, 0.25) is 0 Å². The fourth-order valence-electron chi connectivity index (χ4n) is 3.98. The van der Waals surface area contributed by atoms with E-state index in [-0.39, 0.29) is 201 Å². The molecule has 0 spiro atoms. The number of carbonyl (C=O) groups excluding carboxylic acids is 1. The third kappa shape index (κ3) is 167. The summed E-state index contributed by atoms with van der Waals surface area (Å²) in [5.74, 6) is -1.94. The predicted molar refractivity (Wildman–Crippen MR) is 300 cm³/mol. The largest absolute Gasteiger partial charge is 0.703 e. The molecular weight excluding hydrogens is 1780 g/mol. The van der Waals surface area contributed by atoms with E-state index in [1.165, 1.54) is 39.0 Å². The number of nitrogens with one attached hydrogen (secondary N) is 4. The van der Waals surface area contributed by atoms with Crippen LogP contribution in [0, 0.1) is 182 Å². The Bertz CT molecular complexity index is 1010. The van der Waals surface area contributed by atoms with E-state index < -0.39 is 24.1 Å². The van der Waals surface area contributed by atoms with Crippen LogP contribution in [0.4, 0.5) is 0 Å². The van der Waals surface area contributed by atoms with Crippen LogP contribution in [-0.2, 0) is 14.4 Å². The second kappa shape index (κ2) is 104. The van der Waals surface area contributed by atoms with Crippen molar-refractivity contribution >= 4 is 44.0 Å². The van der Waals surface area contributed by atoms with Crippen molar-refractivity contribution in [3.05, 3.63) is 98.0 Å². The van der Waals surface area contributed by atoms with Gasteiger partial charge < -0.3 is 48.2 Å². The molecule has 0 saturated heterocycles. The molecule has 0 aromatic heterocycles. The average molecular weight is 1890 g/mol. The summed E-state index contributed by atoms with van der Waals surface area (Å²) in [4.78, 5) is 29.7. The Hall–Kier alpha value is 3.71. The predicted octanol–water partition coefficient (Wildman–Crippen LogP) is 17.3. The molecule has 0 aliphatic rings. The Labute approximate surface area is 577 Å². The van der Waals surface area contributed by atoms with Crippen molar-refractivity contribution in [3.63, 3.8) is 0 Å². The van der Waals surface area contributed by atoms with E-state index in [1.54, 1.807) is 6.92 Å². The summed E-state index contributed by atoms with van der Waals surface area (Å²) in [5.41, 5.74) is 28.0. The van der Waals surface area contributed by atoms with E-state index >= 15 is 0 Å². The zero-order chi connectivity index (χ0) is 52.5. The first-order chi connectivity index (χ1) is 30.7. The van der Waals surface area contributed by atoms with Gasteiger partial charge >= 0.3 is 5.97 Å². The van der Waals surface area contributed by atoms with E-state index in [9.17, 15) is 14.4 Å². The van der Waals surface area contributed by atoms with E-state index in [0.29, 0.717) is 18.5 Å². The number of carboxylic acids is 2. The van der Waals surface area contributed by atoms with Crippen molar-refractivity contribution in [1.29, 1.82) is 0 Å². The molecule has 402 valence electrons. The molecule has 69 heavy (non-hydrogen) atoms. The number of aldehydes is 1. The first-order valence-corrected chi connectivity index (χ1v) is 28.3. The standard InChI is InChI=1S/C10H18O2.C9H18N.C9H16N.C8H16O2.C7H12O.C3H6NO2.C3H8N.C2H6.4Ac.H5P3/c1-3-4-5-6-7-8-9(2)10(11)12;2*1-3-4-5-6-7-8-9(2)10;1-2-3-4-5-6-8(10)7-9;1-2-3-4-5-6-7-8;1-2(4)3(5)6;1-3(2)4;1-2;;;;;1-3-2/h3,9H,1,4-8H2,2H3,(H,11,12);3,9-10H,1,4-8H2,2H3;3,8,10H,1,4-7H2,2H3;2,8-10H,1,3-7H2;2,7H,1,3-6H2;2,4H,1H3,(H,5,6);3-4H,1-2H3;1-2H3;;;;;3H,1-2H2/q;2*-1;;;2*-1;;;;;;/b;;9-8-;;;;;;;;;;/t2*9-;;;;;;;;;;;/m01.........../s1. The van der Waals surface area contributed by atoms with Crippen LogP contribution >= 0.6 is 25.8 Å². The van der Waals surface area contributed by atoms with Gasteiger partial charge in [-0.1, -0.05) is 132 Å². The number of rotatable bonds is 30. The quantitative estimate of drug-likeness (QED) is 0.0235. The molecule has 0 aromatic carbocycles. The van der Waals surface area contributed by atoms with Crippen molar-refractivity contribution < 1.29 is 211 Å². The fraction of sp³-hybridized carbons (Fsp3) is 0.706. The maximum atomic E-state index is 10.4. The summed E-state index contributed by atoms with van der Waals surface area (Å²) >= 11 is 0. The van der Waals surface area contributed by atoms with Crippen LogP contribution < -0.4 is 0 Å². The minimum atomic E-state index is -1.07. The molecule has 0 fully saturated rings. The smallest absolute Gasteiger partial charge is 0.306 e. The van der Waals surface area contributed by atoms with Crippen LogP contribution in [0.3, 0.4) is 0 Å². The van der Waals surface area contributed by atoms with Gasteiger partial charge in [0.2, 0.25) is 0 Å². The maximum absolute atomic E-state index is 10.4. The SMILES string of the molecule is C=CCCCC/C=C(/C)[NH-].C=CCCCCC(O)CO.C=CCCCCC=O.C=CCCCCC[C@@H](C)[NH-].C=CCCCCC[C@H](C)C(=O)O.CC.CC(C)[NH-].CC([NH-])C(=O)O.PPP.[Ac].[Ac].[Ac].[Ac]. The van der Waals surface area contributed by atoms with Crippen molar-refractivity contribution in [1.82, 2.24) is 0 Å². The monoisotopic (exact) mass is 1890 g/mol. The zero-order valence-electron chi connectivity index (χ0n) is 45.2. The normalized spacial score (nSPS) is 10.6.